The number of ether oxygens (including phenoxy) is 1. The molecule has 144 valence electrons. The molecule has 0 saturated heterocycles. The summed E-state index contributed by atoms with van der Waals surface area (Å²) in [6, 6.07) is 12.1. The Balaban J connectivity index is 2.27. The number of hydrogen-bond donors (Lipinski definition) is 1. The van der Waals surface area contributed by atoms with Gasteiger partial charge in [-0.15, -0.1) is 5.10 Å². The number of nitrogens with one attached hydrogen (secondary N) is 1. The first-order valence-corrected chi connectivity index (χ1v) is 9.28. The van der Waals surface area contributed by atoms with Gasteiger partial charge in [-0.25, -0.2) is 5.10 Å². The number of benzene rings is 1. The first kappa shape index (κ1) is 20.6. The van der Waals surface area contributed by atoms with Crippen LogP contribution in [0, 0.1) is 17.2 Å². The lowest BCUT2D eigenvalue weighted by atomic mass is 9.82. The van der Waals surface area contributed by atoms with E-state index in [-0.39, 0.29) is 11.9 Å². The van der Waals surface area contributed by atoms with E-state index in [4.69, 9.17) is 10.00 Å². The van der Waals surface area contributed by atoms with Crippen LogP contribution in [0.1, 0.15) is 63.8 Å². The molecular weight excluding hydrogens is 342 g/mol. The molecule has 2 rings (SSSR count). The van der Waals surface area contributed by atoms with Crippen molar-refractivity contribution in [3.63, 3.8) is 0 Å². The van der Waals surface area contributed by atoms with E-state index in [1.165, 1.54) is 0 Å². The Hall–Kier alpha value is -2.75. The number of nitriles is 1. The molecule has 0 spiro atoms. The molecule has 1 heterocycles. The number of tetrazole rings is 1. The summed E-state index contributed by atoms with van der Waals surface area (Å²) < 4.78 is 5.69. The van der Waals surface area contributed by atoms with Crippen molar-refractivity contribution < 1.29 is 9.53 Å². The van der Waals surface area contributed by atoms with Crippen molar-refractivity contribution >= 4 is 5.97 Å². The number of aromatic nitrogens is 4. The normalized spacial score (nSPS) is 13.6. The summed E-state index contributed by atoms with van der Waals surface area (Å²) in [6.45, 7) is 5.58. The van der Waals surface area contributed by atoms with Gasteiger partial charge in [0, 0.05) is 12.3 Å². The van der Waals surface area contributed by atoms with Crippen LogP contribution in [0.5, 0.6) is 0 Å². The molecule has 0 amide bonds. The SMILES string of the molecule is CC(C)(C)OC(=O)[C@@H](CCCCC#N)[C@H](Cc1ccccc1)c1nnn[nH]1. The molecule has 2 aromatic rings. The average Bonchev–Trinajstić information content (AvgIpc) is 3.14. The largest absolute Gasteiger partial charge is 0.460 e. The van der Waals surface area contributed by atoms with Crippen LogP contribution in [0.2, 0.25) is 0 Å². The lowest BCUT2D eigenvalue weighted by Gasteiger charge is -2.28. The van der Waals surface area contributed by atoms with Crippen LogP contribution >= 0.6 is 0 Å². The molecular formula is C20H27N5O2. The summed E-state index contributed by atoms with van der Waals surface area (Å²) in [5.74, 6) is -0.288. The summed E-state index contributed by atoms with van der Waals surface area (Å²) in [5.41, 5.74) is 0.531. The summed E-state index contributed by atoms with van der Waals surface area (Å²) in [7, 11) is 0. The molecule has 2 atom stereocenters. The fourth-order valence-corrected chi connectivity index (χ4v) is 3.05. The quantitative estimate of drug-likeness (QED) is 0.535. The molecule has 1 N–H and O–H groups in total. The topological polar surface area (TPSA) is 105 Å². The Morgan fingerprint density at radius 2 is 2.00 bits per heavy atom. The molecule has 0 bridgehead atoms. The number of rotatable bonds is 9. The van der Waals surface area contributed by atoms with Gasteiger partial charge in [-0.3, -0.25) is 4.79 Å². The second-order valence-electron chi connectivity index (χ2n) is 7.63. The molecule has 0 saturated carbocycles. The van der Waals surface area contributed by atoms with E-state index in [1.54, 1.807) is 0 Å². The summed E-state index contributed by atoms with van der Waals surface area (Å²) >= 11 is 0. The minimum Gasteiger partial charge on any atom is -0.460 e. The predicted octanol–water partition coefficient (Wildman–Crippen LogP) is 3.57. The minimum atomic E-state index is -0.570. The number of unbranched alkanes of at least 4 members (excludes halogenated alkanes) is 2. The van der Waals surface area contributed by atoms with Gasteiger partial charge in [-0.05, 0) is 56.0 Å². The van der Waals surface area contributed by atoms with E-state index in [0.29, 0.717) is 25.1 Å². The molecule has 0 unspecified atom stereocenters. The lowest BCUT2D eigenvalue weighted by molar-refractivity contribution is -0.161. The van der Waals surface area contributed by atoms with Crippen LogP contribution in [0.4, 0.5) is 0 Å². The number of nitrogens with zero attached hydrogens (tertiary/aromatic N) is 4. The fraction of sp³-hybridized carbons (Fsp3) is 0.550. The number of hydrogen-bond acceptors (Lipinski definition) is 6. The molecule has 7 nitrogen and oxygen atoms in total. The van der Waals surface area contributed by atoms with Crippen LogP contribution in [0.25, 0.3) is 0 Å². The fourth-order valence-electron chi connectivity index (χ4n) is 3.05. The van der Waals surface area contributed by atoms with Gasteiger partial charge in [-0.2, -0.15) is 5.26 Å². The Labute approximate surface area is 160 Å². The summed E-state index contributed by atoms with van der Waals surface area (Å²) in [6.07, 6.45) is 3.25. The number of carbonyl (C=O) groups is 1. The first-order valence-electron chi connectivity index (χ1n) is 9.28. The second kappa shape index (κ2) is 9.81. The van der Waals surface area contributed by atoms with Crippen LogP contribution < -0.4 is 0 Å². The van der Waals surface area contributed by atoms with E-state index >= 15 is 0 Å². The zero-order valence-corrected chi connectivity index (χ0v) is 16.2. The Kier molecular flexibility index (Phi) is 7.47. The van der Waals surface area contributed by atoms with Gasteiger partial charge in [0.1, 0.15) is 5.60 Å². The molecule has 1 aromatic carbocycles. The third-order valence-corrected chi connectivity index (χ3v) is 4.26. The molecule has 7 heteroatoms. The maximum Gasteiger partial charge on any atom is 0.310 e. The van der Waals surface area contributed by atoms with Gasteiger partial charge in [-0.1, -0.05) is 36.8 Å². The van der Waals surface area contributed by atoms with Crippen LogP contribution in [0.3, 0.4) is 0 Å². The van der Waals surface area contributed by atoms with E-state index in [1.807, 2.05) is 51.1 Å². The minimum absolute atomic E-state index is 0.223. The standard InChI is InChI=1S/C20H27N5O2/c1-20(2,3)27-19(26)16(12-8-5-9-13-21)17(18-22-24-25-23-18)14-15-10-6-4-7-11-15/h4,6-7,10-11,16-17H,5,8-9,12,14H2,1-3H3,(H,22,23,24,25)/t16-,17-/m0/s1. The van der Waals surface area contributed by atoms with Gasteiger partial charge in [0.15, 0.2) is 5.82 Å². The van der Waals surface area contributed by atoms with Gasteiger partial charge in [0.2, 0.25) is 0 Å². The van der Waals surface area contributed by atoms with Crippen LogP contribution in [0.15, 0.2) is 30.3 Å². The molecule has 0 fully saturated rings. The van der Waals surface area contributed by atoms with Crippen molar-refractivity contribution in [2.24, 2.45) is 5.92 Å². The maximum absolute atomic E-state index is 13.0. The second-order valence-corrected chi connectivity index (χ2v) is 7.63. The van der Waals surface area contributed by atoms with Crippen molar-refractivity contribution in [1.29, 1.82) is 5.26 Å². The average molecular weight is 369 g/mol. The molecule has 27 heavy (non-hydrogen) atoms. The number of esters is 1. The van der Waals surface area contributed by atoms with Gasteiger partial charge in [0.25, 0.3) is 0 Å². The zero-order chi connectivity index (χ0) is 19.7. The number of carbonyl (C=O) groups excluding carboxylic acids is 1. The third-order valence-electron chi connectivity index (χ3n) is 4.26. The highest BCUT2D eigenvalue weighted by molar-refractivity contribution is 5.74. The van der Waals surface area contributed by atoms with Crippen LogP contribution in [-0.2, 0) is 16.0 Å². The molecule has 0 radical (unpaired) electrons. The van der Waals surface area contributed by atoms with E-state index in [9.17, 15) is 4.79 Å². The van der Waals surface area contributed by atoms with E-state index in [0.717, 1.165) is 18.4 Å². The Morgan fingerprint density at radius 3 is 2.59 bits per heavy atom. The summed E-state index contributed by atoms with van der Waals surface area (Å²) in [5, 5.41) is 23.1. The van der Waals surface area contributed by atoms with Gasteiger partial charge < -0.3 is 4.74 Å². The van der Waals surface area contributed by atoms with Crippen molar-refractivity contribution in [2.75, 3.05) is 0 Å². The molecule has 1 aromatic heterocycles. The Bertz CT molecular complexity index is 732. The van der Waals surface area contributed by atoms with E-state index < -0.39 is 11.5 Å². The summed E-state index contributed by atoms with van der Waals surface area (Å²) in [4.78, 5) is 13.0. The third kappa shape index (κ3) is 6.81. The highest BCUT2D eigenvalue weighted by atomic mass is 16.6. The lowest BCUT2D eigenvalue weighted by Crippen LogP contribution is -2.33. The van der Waals surface area contributed by atoms with Crippen molar-refractivity contribution in [2.45, 2.75) is 64.4 Å². The molecule has 0 aliphatic carbocycles. The monoisotopic (exact) mass is 369 g/mol. The predicted molar refractivity (Wildman–Crippen MR) is 100 cm³/mol. The highest BCUT2D eigenvalue weighted by Crippen LogP contribution is 2.32. The molecule has 0 aliphatic heterocycles. The van der Waals surface area contributed by atoms with Crippen molar-refractivity contribution in [3.05, 3.63) is 41.7 Å². The zero-order valence-electron chi connectivity index (χ0n) is 16.2. The van der Waals surface area contributed by atoms with Crippen LogP contribution in [-0.4, -0.2) is 32.2 Å². The van der Waals surface area contributed by atoms with Gasteiger partial charge in [0.05, 0.1) is 12.0 Å². The number of aromatic amines is 1. The van der Waals surface area contributed by atoms with Gasteiger partial charge >= 0.3 is 5.97 Å². The van der Waals surface area contributed by atoms with E-state index in [2.05, 4.69) is 26.7 Å². The maximum atomic E-state index is 13.0. The smallest absolute Gasteiger partial charge is 0.310 e. The van der Waals surface area contributed by atoms with Crippen molar-refractivity contribution in [3.8, 4) is 6.07 Å². The Morgan fingerprint density at radius 1 is 1.26 bits per heavy atom. The highest BCUT2D eigenvalue weighted by Gasteiger charge is 2.35. The molecule has 0 aliphatic rings. The van der Waals surface area contributed by atoms with Crippen molar-refractivity contribution in [1.82, 2.24) is 20.6 Å². The number of H-pyrrole nitrogens is 1. The first-order chi connectivity index (χ1) is 12.9.